The second-order valence-corrected chi connectivity index (χ2v) is 7.29. The zero-order valence-electron chi connectivity index (χ0n) is 15.8. The number of rotatable bonds is 4. The van der Waals surface area contributed by atoms with Gasteiger partial charge >= 0.3 is 12.1 Å². The van der Waals surface area contributed by atoms with Gasteiger partial charge in [0.25, 0.3) is 0 Å². The number of hydrogen-bond acceptors (Lipinski definition) is 3. The molecule has 1 heterocycles. The molecule has 0 N–H and O–H groups in total. The molecule has 4 nitrogen and oxygen atoms in total. The molecule has 0 bridgehead atoms. The van der Waals surface area contributed by atoms with E-state index in [1.54, 1.807) is 52.0 Å². The summed E-state index contributed by atoms with van der Waals surface area (Å²) in [6, 6.07) is 5.80. The van der Waals surface area contributed by atoms with E-state index in [9.17, 15) is 18.0 Å². The third-order valence-electron chi connectivity index (χ3n) is 4.18. The van der Waals surface area contributed by atoms with Crippen molar-refractivity contribution < 1.29 is 27.4 Å². The highest BCUT2D eigenvalue weighted by Crippen LogP contribution is 2.36. The van der Waals surface area contributed by atoms with Crippen molar-refractivity contribution in [1.29, 1.82) is 0 Å². The van der Waals surface area contributed by atoms with Crippen molar-refractivity contribution in [3.63, 3.8) is 0 Å². The first kappa shape index (κ1) is 20.3. The Morgan fingerprint density at radius 2 is 1.73 bits per heavy atom. The van der Waals surface area contributed by atoms with Gasteiger partial charge in [-0.15, -0.1) is 0 Å². The zero-order chi connectivity index (χ0) is 19.9. The van der Waals surface area contributed by atoms with Crippen LogP contribution in [0.2, 0.25) is 0 Å². The number of carbonyl (C=O) groups is 1. The second kappa shape index (κ2) is 6.95. The molecule has 1 aromatic carbocycles. The van der Waals surface area contributed by atoms with Crippen LogP contribution in [0.5, 0.6) is 0 Å². The van der Waals surface area contributed by atoms with E-state index in [2.05, 4.69) is 0 Å². The van der Waals surface area contributed by atoms with Gasteiger partial charge in [0, 0.05) is 23.7 Å². The number of esters is 1. The molecule has 1 aromatic heterocycles. The number of nitrogens with zero attached hydrogens (tertiary/aromatic N) is 1. The van der Waals surface area contributed by atoms with E-state index in [1.165, 1.54) is 11.5 Å². The van der Waals surface area contributed by atoms with E-state index in [0.717, 1.165) is 7.11 Å². The fourth-order valence-corrected chi connectivity index (χ4v) is 3.24. The maximum absolute atomic E-state index is 13.3. The Labute approximate surface area is 150 Å². The van der Waals surface area contributed by atoms with Crippen LogP contribution in [0, 0.1) is 6.92 Å². The highest BCUT2D eigenvalue weighted by atomic mass is 19.4. The monoisotopic (exact) mass is 371 g/mol. The van der Waals surface area contributed by atoms with Gasteiger partial charge in [-0.1, -0.05) is 18.2 Å². The van der Waals surface area contributed by atoms with Crippen molar-refractivity contribution in [3.05, 3.63) is 35.5 Å². The molecule has 0 aliphatic heterocycles. The molecule has 2 unspecified atom stereocenters. The summed E-state index contributed by atoms with van der Waals surface area (Å²) in [4.78, 5) is 12.7. The predicted molar refractivity (Wildman–Crippen MR) is 93.4 cm³/mol. The van der Waals surface area contributed by atoms with Gasteiger partial charge in [-0.05, 0) is 40.7 Å². The lowest BCUT2D eigenvalue weighted by Crippen LogP contribution is -2.38. The van der Waals surface area contributed by atoms with Crippen molar-refractivity contribution in [2.24, 2.45) is 0 Å². The molecule has 144 valence electrons. The Morgan fingerprint density at radius 3 is 2.23 bits per heavy atom. The molecule has 0 fully saturated rings. The van der Waals surface area contributed by atoms with Crippen LogP contribution in [0.3, 0.4) is 0 Å². The average molecular weight is 371 g/mol. The normalized spacial score (nSPS) is 15.1. The minimum absolute atomic E-state index is 0.277. The highest BCUT2D eigenvalue weighted by molar-refractivity contribution is 6.06. The lowest BCUT2D eigenvalue weighted by atomic mass is 10.1. The summed E-state index contributed by atoms with van der Waals surface area (Å²) in [6.45, 7) is 8.28. The van der Waals surface area contributed by atoms with Crippen molar-refractivity contribution in [2.45, 2.75) is 58.5 Å². The van der Waals surface area contributed by atoms with Gasteiger partial charge in [-0.25, -0.2) is 4.79 Å². The molecule has 0 aliphatic rings. The zero-order valence-corrected chi connectivity index (χ0v) is 15.8. The minimum atomic E-state index is -4.53. The smallest absolute Gasteiger partial charge is 0.416 e. The summed E-state index contributed by atoms with van der Waals surface area (Å²) in [7, 11) is 1.03. The van der Waals surface area contributed by atoms with E-state index in [4.69, 9.17) is 9.47 Å². The topological polar surface area (TPSA) is 40.5 Å². The maximum atomic E-state index is 13.3. The number of benzene rings is 1. The van der Waals surface area contributed by atoms with Crippen molar-refractivity contribution in [3.8, 4) is 0 Å². The average Bonchev–Trinajstić information content (AvgIpc) is 2.76. The number of halogens is 3. The van der Waals surface area contributed by atoms with Gasteiger partial charge in [0.2, 0.25) is 0 Å². The summed E-state index contributed by atoms with van der Waals surface area (Å²) in [5.74, 6) is -0.557. The molecular weight excluding hydrogens is 347 g/mol. The third kappa shape index (κ3) is 3.87. The van der Waals surface area contributed by atoms with Crippen LogP contribution in [0.15, 0.2) is 24.3 Å². The first-order valence-corrected chi connectivity index (χ1v) is 8.31. The van der Waals surface area contributed by atoms with E-state index in [-0.39, 0.29) is 5.56 Å². The first-order chi connectivity index (χ1) is 11.9. The van der Waals surface area contributed by atoms with E-state index >= 15 is 0 Å². The van der Waals surface area contributed by atoms with Crippen LogP contribution < -0.4 is 0 Å². The van der Waals surface area contributed by atoms with Crippen LogP contribution in [0.25, 0.3) is 10.9 Å². The Kier molecular flexibility index (Phi) is 5.42. The van der Waals surface area contributed by atoms with Crippen LogP contribution in [-0.4, -0.2) is 35.5 Å². The largest absolute Gasteiger partial charge is 0.456 e. The molecule has 0 amide bonds. The summed E-state index contributed by atoms with van der Waals surface area (Å²) in [6.07, 6.45) is -6.53. The molecule has 0 radical (unpaired) electrons. The molecule has 7 heteroatoms. The van der Waals surface area contributed by atoms with Gasteiger partial charge in [-0.2, -0.15) is 13.2 Å². The predicted octanol–water partition coefficient (Wildman–Crippen LogP) is 5.04. The number of para-hydroxylation sites is 1. The SMILES string of the molecule is COC(C(C)n1c(C)c(C(=O)OC(C)(C)C)c2ccccc21)C(F)(F)F. The van der Waals surface area contributed by atoms with Crippen molar-refractivity contribution in [1.82, 2.24) is 4.57 Å². The maximum Gasteiger partial charge on any atom is 0.416 e. The lowest BCUT2D eigenvalue weighted by Gasteiger charge is -2.28. The van der Waals surface area contributed by atoms with Gasteiger partial charge in [-0.3, -0.25) is 0 Å². The molecule has 0 saturated carbocycles. The fraction of sp³-hybridized carbons (Fsp3) is 0.526. The molecule has 2 atom stereocenters. The summed E-state index contributed by atoms with van der Waals surface area (Å²) in [5, 5.41) is 0.558. The Balaban J connectivity index is 2.65. The van der Waals surface area contributed by atoms with Crippen molar-refractivity contribution >= 4 is 16.9 Å². The Morgan fingerprint density at radius 1 is 1.15 bits per heavy atom. The number of ether oxygens (including phenoxy) is 2. The molecule has 0 saturated heterocycles. The van der Waals surface area contributed by atoms with Crippen LogP contribution in [-0.2, 0) is 9.47 Å². The van der Waals surface area contributed by atoms with Crippen molar-refractivity contribution in [2.75, 3.05) is 7.11 Å². The standard InChI is InChI=1S/C19H24F3NO3/c1-11-15(17(24)26-18(3,4)5)13-9-7-8-10-14(13)23(11)12(2)16(25-6)19(20,21)22/h7-10,12,16H,1-6H3. The van der Waals surface area contributed by atoms with E-state index in [0.29, 0.717) is 16.6 Å². The molecule has 2 rings (SSSR count). The Hall–Kier alpha value is -2.02. The molecule has 0 spiro atoms. The van der Waals surface area contributed by atoms with Gasteiger partial charge in [0.1, 0.15) is 5.60 Å². The van der Waals surface area contributed by atoms with Crippen LogP contribution >= 0.6 is 0 Å². The molecule has 2 aromatic rings. The van der Waals surface area contributed by atoms with E-state index in [1.807, 2.05) is 0 Å². The number of hydrogen-bond donors (Lipinski definition) is 0. The quantitative estimate of drug-likeness (QED) is 0.707. The third-order valence-corrected chi connectivity index (χ3v) is 4.18. The fourth-order valence-electron chi connectivity index (χ4n) is 3.24. The van der Waals surface area contributed by atoms with Crippen LogP contribution in [0.4, 0.5) is 13.2 Å². The molecule has 0 aliphatic carbocycles. The summed E-state index contributed by atoms with van der Waals surface area (Å²) >= 11 is 0. The Bertz CT molecular complexity index is 803. The highest BCUT2D eigenvalue weighted by Gasteiger charge is 2.45. The number of carbonyl (C=O) groups excluding carboxylic acids is 1. The van der Waals surface area contributed by atoms with E-state index < -0.39 is 29.9 Å². The number of alkyl halides is 3. The van der Waals surface area contributed by atoms with Gasteiger partial charge in [0.05, 0.1) is 11.6 Å². The number of aromatic nitrogens is 1. The van der Waals surface area contributed by atoms with Gasteiger partial charge in [0.15, 0.2) is 6.10 Å². The molecular formula is C19H24F3NO3. The number of fused-ring (bicyclic) bond motifs is 1. The lowest BCUT2D eigenvalue weighted by molar-refractivity contribution is -0.223. The summed E-state index contributed by atoms with van der Waals surface area (Å²) in [5.41, 5.74) is 0.516. The van der Waals surface area contributed by atoms with Crippen LogP contribution in [0.1, 0.15) is 49.8 Å². The first-order valence-electron chi connectivity index (χ1n) is 8.31. The summed E-state index contributed by atoms with van der Waals surface area (Å²) < 4.78 is 51.7. The molecule has 26 heavy (non-hydrogen) atoms. The second-order valence-electron chi connectivity index (χ2n) is 7.29. The number of methoxy groups -OCH3 is 1. The minimum Gasteiger partial charge on any atom is -0.456 e. The van der Waals surface area contributed by atoms with Gasteiger partial charge < -0.3 is 14.0 Å².